The Morgan fingerprint density at radius 1 is 1.03 bits per heavy atom. The van der Waals surface area contributed by atoms with E-state index in [2.05, 4.69) is 29.4 Å². The summed E-state index contributed by atoms with van der Waals surface area (Å²) in [5.41, 5.74) is 1.90. The second kappa shape index (κ2) is 11.2. The molecule has 2 heterocycles. The first kappa shape index (κ1) is 21.6. The number of likely N-dealkylation sites (N-methyl/N-ethyl adjacent to an activating group) is 1. The molecular weight excluding hydrogens is 362 g/mol. The molecule has 0 aliphatic carbocycles. The molecule has 0 radical (unpaired) electrons. The molecule has 6 nitrogen and oxygen atoms in total. The molecule has 1 aromatic rings. The van der Waals surface area contributed by atoms with Crippen molar-refractivity contribution in [1.82, 2.24) is 20.4 Å². The minimum Gasteiger partial charge on any atom is -0.357 e. The first-order chi connectivity index (χ1) is 14.2. The van der Waals surface area contributed by atoms with E-state index in [1.54, 1.807) is 0 Å². The van der Waals surface area contributed by atoms with Crippen LogP contribution < -0.4 is 10.6 Å². The number of nitrogens with one attached hydrogen (secondary N) is 2. The van der Waals surface area contributed by atoms with Gasteiger partial charge in [0, 0.05) is 37.8 Å². The predicted molar refractivity (Wildman–Crippen MR) is 119 cm³/mol. The predicted octanol–water partition coefficient (Wildman–Crippen LogP) is 2.85. The first-order valence-electron chi connectivity index (χ1n) is 11.4. The number of nitrogens with zero attached hydrogens (tertiary/aromatic N) is 3. The summed E-state index contributed by atoms with van der Waals surface area (Å²) in [5.74, 6) is 1.02. The average molecular weight is 400 g/mol. The molecule has 2 aliphatic heterocycles. The summed E-state index contributed by atoms with van der Waals surface area (Å²) >= 11 is 0. The van der Waals surface area contributed by atoms with E-state index in [-0.39, 0.29) is 5.91 Å². The van der Waals surface area contributed by atoms with Crippen LogP contribution in [0, 0.1) is 0 Å². The van der Waals surface area contributed by atoms with E-state index < -0.39 is 0 Å². The minimum atomic E-state index is 0.159. The maximum Gasteiger partial charge on any atom is 0.253 e. The summed E-state index contributed by atoms with van der Waals surface area (Å²) in [4.78, 5) is 21.9. The van der Waals surface area contributed by atoms with Crippen molar-refractivity contribution in [2.24, 2.45) is 4.99 Å². The van der Waals surface area contributed by atoms with Crippen LogP contribution in [0.3, 0.4) is 0 Å². The highest BCUT2D eigenvalue weighted by molar-refractivity contribution is 5.94. The molecule has 0 aromatic heterocycles. The number of carbonyl (C=O) groups excluding carboxylic acids is 1. The fourth-order valence-electron chi connectivity index (χ4n) is 4.30. The number of likely N-dealkylation sites (tertiary alicyclic amines) is 2. The van der Waals surface area contributed by atoms with E-state index in [4.69, 9.17) is 4.99 Å². The van der Waals surface area contributed by atoms with Gasteiger partial charge in [-0.3, -0.25) is 9.69 Å². The quantitative estimate of drug-likeness (QED) is 0.547. The largest absolute Gasteiger partial charge is 0.357 e. The van der Waals surface area contributed by atoms with Crippen molar-refractivity contribution < 1.29 is 4.79 Å². The van der Waals surface area contributed by atoms with Crippen LogP contribution in [-0.2, 0) is 6.54 Å². The zero-order valence-corrected chi connectivity index (χ0v) is 18.1. The summed E-state index contributed by atoms with van der Waals surface area (Å²) in [6, 6.07) is 8.54. The van der Waals surface area contributed by atoms with Crippen LogP contribution in [0.1, 0.15) is 61.9 Å². The van der Waals surface area contributed by atoms with Gasteiger partial charge in [-0.1, -0.05) is 19.1 Å². The first-order valence-corrected chi connectivity index (χ1v) is 11.4. The standard InChI is InChI=1S/C23H37N5O/c1-3-24-23(26-18-21-9-8-16-27(21)4-2)25-17-19-10-12-20(13-11-19)22(29)28-14-6-5-7-15-28/h10-13,21H,3-9,14-18H2,1-2H3,(H2,24,25,26). The van der Waals surface area contributed by atoms with Gasteiger partial charge in [0.15, 0.2) is 5.96 Å². The van der Waals surface area contributed by atoms with E-state index in [0.717, 1.165) is 62.7 Å². The maximum absolute atomic E-state index is 12.6. The lowest BCUT2D eigenvalue weighted by Gasteiger charge is -2.26. The van der Waals surface area contributed by atoms with E-state index in [1.807, 2.05) is 29.2 Å². The summed E-state index contributed by atoms with van der Waals surface area (Å²) in [7, 11) is 0. The molecule has 3 rings (SSSR count). The molecule has 2 aliphatic rings. The Labute approximate surface area is 175 Å². The molecule has 6 heteroatoms. The van der Waals surface area contributed by atoms with Crippen molar-refractivity contribution in [3.63, 3.8) is 0 Å². The molecule has 0 bridgehead atoms. The smallest absolute Gasteiger partial charge is 0.253 e. The van der Waals surface area contributed by atoms with Gasteiger partial charge >= 0.3 is 0 Å². The lowest BCUT2D eigenvalue weighted by Crippen LogP contribution is -2.44. The molecule has 0 saturated carbocycles. The highest BCUT2D eigenvalue weighted by Gasteiger charge is 2.22. The number of hydrogen-bond donors (Lipinski definition) is 2. The van der Waals surface area contributed by atoms with Crippen LogP contribution in [0.5, 0.6) is 0 Å². The zero-order chi connectivity index (χ0) is 20.5. The molecule has 1 aromatic carbocycles. The third-order valence-corrected chi connectivity index (χ3v) is 6.02. The van der Waals surface area contributed by atoms with Gasteiger partial charge in [-0.15, -0.1) is 0 Å². The van der Waals surface area contributed by atoms with Gasteiger partial charge in [0.2, 0.25) is 0 Å². The summed E-state index contributed by atoms with van der Waals surface area (Å²) in [6.07, 6.45) is 6.02. The van der Waals surface area contributed by atoms with Crippen LogP contribution in [0.2, 0.25) is 0 Å². The summed E-state index contributed by atoms with van der Waals surface area (Å²) in [5, 5.41) is 6.85. The van der Waals surface area contributed by atoms with Crippen LogP contribution in [0.4, 0.5) is 0 Å². The molecule has 2 N–H and O–H groups in total. The molecule has 160 valence electrons. The Hall–Kier alpha value is -2.08. The van der Waals surface area contributed by atoms with Crippen molar-refractivity contribution in [2.45, 2.75) is 58.5 Å². The number of hydrogen-bond acceptors (Lipinski definition) is 3. The SMILES string of the molecule is CCNC(=NCc1ccc(C(=O)N2CCCCC2)cc1)NCC1CCCN1CC. The van der Waals surface area contributed by atoms with Gasteiger partial charge in [-0.2, -0.15) is 0 Å². The Morgan fingerprint density at radius 3 is 2.48 bits per heavy atom. The third-order valence-electron chi connectivity index (χ3n) is 6.02. The molecule has 29 heavy (non-hydrogen) atoms. The molecule has 2 saturated heterocycles. The third kappa shape index (κ3) is 6.20. The van der Waals surface area contributed by atoms with Crippen molar-refractivity contribution in [3.8, 4) is 0 Å². The molecular formula is C23H37N5O. The number of benzene rings is 1. The molecule has 1 amide bonds. The number of rotatable bonds is 7. The Kier molecular flexibility index (Phi) is 8.35. The van der Waals surface area contributed by atoms with Crippen molar-refractivity contribution in [2.75, 3.05) is 39.3 Å². The van der Waals surface area contributed by atoms with Crippen molar-refractivity contribution in [3.05, 3.63) is 35.4 Å². The van der Waals surface area contributed by atoms with Crippen molar-refractivity contribution >= 4 is 11.9 Å². The molecule has 1 unspecified atom stereocenters. The summed E-state index contributed by atoms with van der Waals surface area (Å²) in [6.45, 7) is 10.8. The molecule has 2 fully saturated rings. The van der Waals surface area contributed by atoms with Crippen molar-refractivity contribution in [1.29, 1.82) is 0 Å². The number of guanidine groups is 1. The van der Waals surface area contributed by atoms with E-state index in [1.165, 1.54) is 25.8 Å². The minimum absolute atomic E-state index is 0.159. The van der Waals surface area contributed by atoms with Crippen LogP contribution in [-0.4, -0.2) is 67.0 Å². The topological polar surface area (TPSA) is 60.0 Å². The lowest BCUT2D eigenvalue weighted by molar-refractivity contribution is 0.0724. The normalized spacial score (nSPS) is 20.7. The zero-order valence-electron chi connectivity index (χ0n) is 18.1. The van der Waals surface area contributed by atoms with Crippen LogP contribution in [0.15, 0.2) is 29.3 Å². The van der Waals surface area contributed by atoms with E-state index >= 15 is 0 Å². The second-order valence-electron chi connectivity index (χ2n) is 8.05. The number of piperidine rings is 1. The highest BCUT2D eigenvalue weighted by atomic mass is 16.2. The van der Waals surface area contributed by atoms with Gasteiger partial charge in [0.1, 0.15) is 0 Å². The van der Waals surface area contributed by atoms with Crippen LogP contribution >= 0.6 is 0 Å². The van der Waals surface area contributed by atoms with E-state index in [0.29, 0.717) is 12.6 Å². The Morgan fingerprint density at radius 2 is 1.79 bits per heavy atom. The van der Waals surface area contributed by atoms with Gasteiger partial charge in [-0.05, 0) is 69.8 Å². The highest BCUT2D eigenvalue weighted by Crippen LogP contribution is 2.16. The fraction of sp³-hybridized carbons (Fsp3) is 0.652. The second-order valence-corrected chi connectivity index (χ2v) is 8.05. The van der Waals surface area contributed by atoms with Crippen LogP contribution in [0.25, 0.3) is 0 Å². The fourth-order valence-corrected chi connectivity index (χ4v) is 4.30. The van der Waals surface area contributed by atoms with Gasteiger partial charge in [-0.25, -0.2) is 4.99 Å². The Balaban J connectivity index is 1.53. The van der Waals surface area contributed by atoms with E-state index in [9.17, 15) is 4.79 Å². The monoisotopic (exact) mass is 399 g/mol. The van der Waals surface area contributed by atoms with Gasteiger partial charge < -0.3 is 15.5 Å². The average Bonchev–Trinajstić information content (AvgIpc) is 3.24. The summed E-state index contributed by atoms with van der Waals surface area (Å²) < 4.78 is 0. The lowest BCUT2D eigenvalue weighted by atomic mass is 10.1. The number of amides is 1. The maximum atomic E-state index is 12.6. The molecule has 1 atom stereocenters. The van der Waals surface area contributed by atoms with Gasteiger partial charge in [0.05, 0.1) is 6.54 Å². The number of carbonyl (C=O) groups is 1. The molecule has 0 spiro atoms. The van der Waals surface area contributed by atoms with Gasteiger partial charge in [0.25, 0.3) is 5.91 Å². The Bertz CT molecular complexity index is 666. The number of aliphatic imine (C=N–C) groups is 1.